The topological polar surface area (TPSA) is 66.9 Å². The maximum atomic E-state index is 12.2. The number of aromatic nitrogens is 2. The van der Waals surface area contributed by atoms with Gasteiger partial charge in [-0.15, -0.1) is 10.2 Å². The van der Waals surface area contributed by atoms with E-state index in [-0.39, 0.29) is 24.7 Å². The standard InChI is InChI=1S/C10H13F3N4O/c1-2-14-9(18)5-6-15-8-4-3-7(16-17-8)10(11,12)13/h3-4H,2,5-6H2,1H3,(H,14,18)(H,15,17). The average molecular weight is 262 g/mol. The summed E-state index contributed by atoms with van der Waals surface area (Å²) in [6, 6.07) is 2.01. The van der Waals surface area contributed by atoms with E-state index in [2.05, 4.69) is 20.8 Å². The summed E-state index contributed by atoms with van der Waals surface area (Å²) < 4.78 is 36.6. The molecule has 1 heterocycles. The summed E-state index contributed by atoms with van der Waals surface area (Å²) in [5, 5.41) is 11.7. The van der Waals surface area contributed by atoms with Gasteiger partial charge in [0.15, 0.2) is 5.69 Å². The Morgan fingerprint density at radius 1 is 1.33 bits per heavy atom. The van der Waals surface area contributed by atoms with Gasteiger partial charge in [0.25, 0.3) is 0 Å². The van der Waals surface area contributed by atoms with Crippen LogP contribution in [0.2, 0.25) is 0 Å². The molecule has 0 unspecified atom stereocenters. The summed E-state index contributed by atoms with van der Waals surface area (Å²) in [5.41, 5.74) is -1.04. The van der Waals surface area contributed by atoms with Crippen molar-refractivity contribution in [3.05, 3.63) is 17.8 Å². The summed E-state index contributed by atoms with van der Waals surface area (Å²) in [7, 11) is 0. The molecule has 8 heteroatoms. The maximum Gasteiger partial charge on any atom is 0.435 e. The molecule has 100 valence electrons. The summed E-state index contributed by atoms with van der Waals surface area (Å²) in [6.45, 7) is 2.62. The molecule has 0 spiro atoms. The number of hydrogen-bond donors (Lipinski definition) is 2. The molecule has 0 radical (unpaired) electrons. The number of halogens is 3. The molecule has 0 atom stereocenters. The number of rotatable bonds is 5. The van der Waals surface area contributed by atoms with Crippen LogP contribution in [0.3, 0.4) is 0 Å². The highest BCUT2D eigenvalue weighted by Gasteiger charge is 2.32. The number of hydrogen-bond acceptors (Lipinski definition) is 4. The number of nitrogens with zero attached hydrogens (tertiary/aromatic N) is 2. The smallest absolute Gasteiger partial charge is 0.368 e. The zero-order valence-corrected chi connectivity index (χ0v) is 9.71. The van der Waals surface area contributed by atoms with E-state index in [1.165, 1.54) is 6.07 Å². The molecule has 0 saturated carbocycles. The number of nitrogens with one attached hydrogen (secondary N) is 2. The SMILES string of the molecule is CCNC(=O)CCNc1ccc(C(F)(F)F)nn1. The van der Waals surface area contributed by atoms with Crippen LogP contribution in [0.5, 0.6) is 0 Å². The van der Waals surface area contributed by atoms with Gasteiger partial charge in [-0.05, 0) is 19.1 Å². The van der Waals surface area contributed by atoms with E-state index in [1.54, 1.807) is 6.92 Å². The van der Waals surface area contributed by atoms with Crippen molar-refractivity contribution in [2.45, 2.75) is 19.5 Å². The predicted molar refractivity (Wildman–Crippen MR) is 58.8 cm³/mol. The molecule has 0 bridgehead atoms. The molecular formula is C10H13F3N4O. The molecule has 2 N–H and O–H groups in total. The molecule has 0 saturated heterocycles. The van der Waals surface area contributed by atoms with Gasteiger partial charge < -0.3 is 10.6 Å². The van der Waals surface area contributed by atoms with E-state index in [0.717, 1.165) is 6.07 Å². The van der Waals surface area contributed by atoms with Gasteiger partial charge in [-0.1, -0.05) is 0 Å². The largest absolute Gasteiger partial charge is 0.435 e. The van der Waals surface area contributed by atoms with Crippen LogP contribution >= 0.6 is 0 Å². The molecule has 0 aliphatic carbocycles. The van der Waals surface area contributed by atoms with Crippen molar-refractivity contribution in [3.63, 3.8) is 0 Å². The normalized spacial score (nSPS) is 11.1. The lowest BCUT2D eigenvalue weighted by molar-refractivity contribution is -0.141. The lowest BCUT2D eigenvalue weighted by atomic mass is 10.3. The number of carbonyl (C=O) groups is 1. The Morgan fingerprint density at radius 3 is 2.56 bits per heavy atom. The molecule has 18 heavy (non-hydrogen) atoms. The lowest BCUT2D eigenvalue weighted by Crippen LogP contribution is -2.24. The summed E-state index contributed by atoms with van der Waals surface area (Å²) in [5.74, 6) is 0.0668. The Kier molecular flexibility index (Phi) is 4.87. The Bertz CT molecular complexity index is 391. The highest BCUT2D eigenvalue weighted by Crippen LogP contribution is 2.26. The molecule has 1 amide bonds. The van der Waals surface area contributed by atoms with Crippen LogP contribution in [0, 0.1) is 0 Å². The van der Waals surface area contributed by atoms with Gasteiger partial charge in [0.05, 0.1) is 0 Å². The van der Waals surface area contributed by atoms with E-state index >= 15 is 0 Å². The van der Waals surface area contributed by atoms with Gasteiger partial charge in [-0.25, -0.2) is 0 Å². The van der Waals surface area contributed by atoms with Gasteiger partial charge >= 0.3 is 6.18 Å². The monoisotopic (exact) mass is 262 g/mol. The van der Waals surface area contributed by atoms with Gasteiger partial charge in [0, 0.05) is 19.5 Å². The van der Waals surface area contributed by atoms with E-state index in [4.69, 9.17) is 0 Å². The van der Waals surface area contributed by atoms with E-state index in [1.807, 2.05) is 0 Å². The van der Waals surface area contributed by atoms with Crippen LogP contribution in [0.25, 0.3) is 0 Å². The van der Waals surface area contributed by atoms with Crippen molar-refractivity contribution in [1.82, 2.24) is 15.5 Å². The van der Waals surface area contributed by atoms with Crippen molar-refractivity contribution in [3.8, 4) is 0 Å². The second-order valence-corrected chi connectivity index (χ2v) is 3.43. The fraction of sp³-hybridized carbons (Fsp3) is 0.500. The third-order valence-electron chi connectivity index (χ3n) is 1.99. The van der Waals surface area contributed by atoms with Crippen molar-refractivity contribution < 1.29 is 18.0 Å². The van der Waals surface area contributed by atoms with Crippen molar-refractivity contribution >= 4 is 11.7 Å². The number of alkyl halides is 3. The first-order chi connectivity index (χ1) is 8.43. The first-order valence-electron chi connectivity index (χ1n) is 5.35. The number of carbonyl (C=O) groups excluding carboxylic acids is 1. The van der Waals surface area contributed by atoms with E-state index in [0.29, 0.717) is 6.54 Å². The first-order valence-corrected chi connectivity index (χ1v) is 5.35. The van der Waals surface area contributed by atoms with Crippen molar-refractivity contribution in [2.24, 2.45) is 0 Å². The van der Waals surface area contributed by atoms with Crippen LogP contribution in [-0.4, -0.2) is 29.2 Å². The molecule has 0 aromatic carbocycles. The molecular weight excluding hydrogens is 249 g/mol. The summed E-state index contributed by atoms with van der Waals surface area (Å²) in [6.07, 6.45) is -4.27. The summed E-state index contributed by atoms with van der Waals surface area (Å²) in [4.78, 5) is 11.1. The highest BCUT2D eigenvalue weighted by atomic mass is 19.4. The molecule has 0 aliphatic rings. The molecule has 1 aromatic rings. The Hall–Kier alpha value is -1.86. The third kappa shape index (κ3) is 4.56. The quantitative estimate of drug-likeness (QED) is 0.842. The number of anilines is 1. The second kappa shape index (κ2) is 6.18. The van der Waals surface area contributed by atoms with Crippen LogP contribution in [0.15, 0.2) is 12.1 Å². The van der Waals surface area contributed by atoms with Gasteiger partial charge in [0.1, 0.15) is 5.82 Å². The van der Waals surface area contributed by atoms with Gasteiger partial charge in [0.2, 0.25) is 5.91 Å². The third-order valence-corrected chi connectivity index (χ3v) is 1.99. The second-order valence-electron chi connectivity index (χ2n) is 3.43. The Balaban J connectivity index is 2.42. The highest BCUT2D eigenvalue weighted by molar-refractivity contribution is 5.76. The maximum absolute atomic E-state index is 12.2. The fourth-order valence-electron chi connectivity index (χ4n) is 1.17. The minimum absolute atomic E-state index is 0.134. The zero-order chi connectivity index (χ0) is 13.6. The van der Waals surface area contributed by atoms with Crippen LogP contribution in [0.4, 0.5) is 19.0 Å². The van der Waals surface area contributed by atoms with Gasteiger partial charge in [-0.2, -0.15) is 13.2 Å². The van der Waals surface area contributed by atoms with Crippen molar-refractivity contribution in [2.75, 3.05) is 18.4 Å². The van der Waals surface area contributed by atoms with E-state index < -0.39 is 11.9 Å². The molecule has 0 fully saturated rings. The molecule has 0 aliphatic heterocycles. The average Bonchev–Trinajstić information content (AvgIpc) is 2.29. The number of amides is 1. The Labute approximate surface area is 102 Å². The van der Waals surface area contributed by atoms with E-state index in [9.17, 15) is 18.0 Å². The molecule has 1 aromatic heterocycles. The summed E-state index contributed by atoms with van der Waals surface area (Å²) >= 11 is 0. The zero-order valence-electron chi connectivity index (χ0n) is 9.71. The Morgan fingerprint density at radius 2 is 2.06 bits per heavy atom. The van der Waals surface area contributed by atoms with Gasteiger partial charge in [-0.3, -0.25) is 4.79 Å². The minimum Gasteiger partial charge on any atom is -0.368 e. The predicted octanol–water partition coefficient (Wildman–Crippen LogP) is 1.43. The molecule has 1 rings (SSSR count). The van der Waals surface area contributed by atoms with Crippen LogP contribution in [0.1, 0.15) is 19.0 Å². The van der Waals surface area contributed by atoms with Crippen LogP contribution < -0.4 is 10.6 Å². The minimum atomic E-state index is -4.49. The first kappa shape index (κ1) is 14.2. The van der Waals surface area contributed by atoms with Crippen LogP contribution in [-0.2, 0) is 11.0 Å². The lowest BCUT2D eigenvalue weighted by Gasteiger charge is -2.07. The fourth-order valence-corrected chi connectivity index (χ4v) is 1.17. The molecule has 5 nitrogen and oxygen atoms in total. The van der Waals surface area contributed by atoms with Crippen molar-refractivity contribution in [1.29, 1.82) is 0 Å².